The van der Waals surface area contributed by atoms with Gasteiger partial charge in [-0.05, 0) is 22.3 Å². The van der Waals surface area contributed by atoms with Crippen molar-refractivity contribution in [3.63, 3.8) is 0 Å². The zero-order chi connectivity index (χ0) is 22.7. The van der Waals surface area contributed by atoms with Crippen molar-refractivity contribution in [3.05, 3.63) is 99.6 Å². The number of benzene rings is 3. The molecule has 1 aliphatic carbocycles. The van der Waals surface area contributed by atoms with Gasteiger partial charge in [0.1, 0.15) is 6.61 Å². The molecule has 3 aromatic carbocycles. The van der Waals surface area contributed by atoms with Crippen molar-refractivity contribution in [1.29, 1.82) is 0 Å². The predicted molar refractivity (Wildman–Crippen MR) is 114 cm³/mol. The monoisotopic (exact) mass is 431 g/mol. The summed E-state index contributed by atoms with van der Waals surface area (Å²) in [5.74, 6) is -1.73. The average Bonchev–Trinajstić information content (AvgIpc) is 3.11. The van der Waals surface area contributed by atoms with E-state index in [1.54, 1.807) is 6.07 Å². The lowest BCUT2D eigenvalue weighted by molar-refractivity contribution is -0.385. The van der Waals surface area contributed by atoms with Crippen LogP contribution in [-0.2, 0) is 16.0 Å². The number of carbonyl (C=O) groups excluding carboxylic acids is 2. The van der Waals surface area contributed by atoms with Gasteiger partial charge in [-0.1, -0.05) is 66.7 Å². The maximum Gasteiger partial charge on any atom is 0.407 e. The first-order valence-electron chi connectivity index (χ1n) is 10.0. The predicted octanol–water partition coefficient (Wildman–Crippen LogP) is 2.79. The Morgan fingerprint density at radius 3 is 2.09 bits per heavy atom. The van der Waals surface area contributed by atoms with E-state index in [9.17, 15) is 24.8 Å². The van der Waals surface area contributed by atoms with Crippen LogP contribution in [0.2, 0.25) is 0 Å². The number of nitrogens with zero attached hydrogens (tertiary/aromatic N) is 1. The quantitative estimate of drug-likeness (QED) is 0.453. The molecule has 0 aromatic heterocycles. The Morgan fingerprint density at radius 2 is 1.50 bits per heavy atom. The summed E-state index contributed by atoms with van der Waals surface area (Å²) < 4.78 is 5.36. The van der Waals surface area contributed by atoms with Crippen molar-refractivity contribution < 1.29 is 24.4 Å². The molecule has 0 saturated carbocycles. The van der Waals surface area contributed by atoms with E-state index in [1.165, 1.54) is 18.2 Å². The number of hydrogen-bond donors (Lipinski definition) is 1. The van der Waals surface area contributed by atoms with Gasteiger partial charge in [0.25, 0.3) is 5.69 Å². The highest BCUT2D eigenvalue weighted by molar-refractivity contribution is 5.80. The smallest absolute Gasteiger partial charge is 0.407 e. The van der Waals surface area contributed by atoms with Gasteiger partial charge in [-0.15, -0.1) is 0 Å². The molecule has 0 radical (unpaired) electrons. The van der Waals surface area contributed by atoms with Crippen LogP contribution in [0, 0.1) is 10.1 Å². The molecule has 0 heterocycles. The minimum atomic E-state index is -1.56. The molecule has 0 fully saturated rings. The molecule has 0 spiro atoms. The highest BCUT2D eigenvalue weighted by Gasteiger charge is 2.29. The van der Waals surface area contributed by atoms with Crippen LogP contribution in [0.3, 0.4) is 0 Å². The minimum absolute atomic E-state index is 0.0190. The van der Waals surface area contributed by atoms with Gasteiger partial charge in [0.15, 0.2) is 0 Å². The van der Waals surface area contributed by atoms with Gasteiger partial charge in [-0.2, -0.15) is 0 Å². The van der Waals surface area contributed by atoms with Crippen LogP contribution in [-0.4, -0.2) is 29.6 Å². The lowest BCUT2D eigenvalue weighted by atomic mass is 9.98. The first kappa shape index (κ1) is 21.0. The number of nitrogens with one attached hydrogen (secondary N) is 1. The van der Waals surface area contributed by atoms with Crippen LogP contribution in [0.4, 0.5) is 10.5 Å². The van der Waals surface area contributed by atoms with Gasteiger partial charge >= 0.3 is 6.09 Å². The Hall–Kier alpha value is -4.20. The van der Waals surface area contributed by atoms with Crippen molar-refractivity contribution in [2.45, 2.75) is 18.4 Å². The number of carboxylic acid groups (broad SMARTS) is 1. The molecule has 8 nitrogen and oxygen atoms in total. The molecule has 32 heavy (non-hydrogen) atoms. The molecule has 0 saturated heterocycles. The number of nitro benzene ring substituents is 1. The maximum atomic E-state index is 12.4. The summed E-state index contributed by atoms with van der Waals surface area (Å²) in [6.45, 7) is 0.0190. The van der Waals surface area contributed by atoms with Crippen LogP contribution >= 0.6 is 0 Å². The highest BCUT2D eigenvalue weighted by atomic mass is 16.6. The molecular formula is C24H19N2O6-. The summed E-state index contributed by atoms with van der Waals surface area (Å²) in [5.41, 5.74) is 4.14. The van der Waals surface area contributed by atoms with Gasteiger partial charge in [0.05, 0.1) is 16.9 Å². The topological polar surface area (TPSA) is 122 Å². The van der Waals surface area contributed by atoms with Crippen molar-refractivity contribution in [1.82, 2.24) is 5.32 Å². The molecule has 3 aromatic rings. The standard InChI is InChI=1S/C24H20N2O6/c27-23(28)21(13-15-7-1-6-12-22(15)26(30)31)25-24(29)32-14-20-18-10-4-2-8-16(18)17-9-3-5-11-19(17)20/h1-12,20-21H,13-14H2,(H,25,29)(H,27,28)/p-1/t21-/m0/s1. The fourth-order valence-electron chi connectivity index (χ4n) is 4.06. The molecule has 1 aliphatic rings. The first-order valence-corrected chi connectivity index (χ1v) is 10.0. The number of alkyl carbamates (subject to hydrolysis) is 1. The normalized spacial score (nSPS) is 13.0. The molecular weight excluding hydrogens is 412 g/mol. The van der Waals surface area contributed by atoms with Crippen LogP contribution in [0.15, 0.2) is 72.8 Å². The fraction of sp³-hybridized carbons (Fsp3) is 0.167. The third kappa shape index (κ3) is 4.15. The zero-order valence-corrected chi connectivity index (χ0v) is 16.9. The zero-order valence-electron chi connectivity index (χ0n) is 16.9. The van der Waals surface area contributed by atoms with Gasteiger partial charge < -0.3 is 20.0 Å². The average molecular weight is 431 g/mol. The van der Waals surface area contributed by atoms with E-state index in [4.69, 9.17) is 4.74 Å². The highest BCUT2D eigenvalue weighted by Crippen LogP contribution is 2.44. The molecule has 0 bridgehead atoms. The van der Waals surface area contributed by atoms with Crippen LogP contribution < -0.4 is 10.4 Å². The van der Waals surface area contributed by atoms with E-state index in [0.29, 0.717) is 0 Å². The molecule has 4 rings (SSSR count). The Morgan fingerprint density at radius 1 is 0.938 bits per heavy atom. The number of amides is 1. The summed E-state index contributed by atoms with van der Waals surface area (Å²) in [6, 6.07) is 19.9. The van der Waals surface area contributed by atoms with Gasteiger partial charge in [0.2, 0.25) is 0 Å². The minimum Gasteiger partial charge on any atom is -0.548 e. The van der Waals surface area contributed by atoms with Crippen LogP contribution in [0.1, 0.15) is 22.6 Å². The van der Waals surface area contributed by atoms with Crippen molar-refractivity contribution >= 4 is 17.7 Å². The second-order valence-electron chi connectivity index (χ2n) is 7.43. The van der Waals surface area contributed by atoms with Crippen molar-refractivity contribution in [2.24, 2.45) is 0 Å². The number of carbonyl (C=O) groups is 2. The summed E-state index contributed by atoms with van der Waals surface area (Å²) >= 11 is 0. The van der Waals surface area contributed by atoms with Crippen molar-refractivity contribution in [2.75, 3.05) is 6.61 Å². The number of aliphatic carboxylic acids is 1. The lowest BCUT2D eigenvalue weighted by Gasteiger charge is -2.21. The van der Waals surface area contributed by atoms with E-state index in [1.807, 2.05) is 48.5 Å². The van der Waals surface area contributed by atoms with E-state index in [-0.39, 0.29) is 30.2 Å². The fourth-order valence-corrected chi connectivity index (χ4v) is 4.06. The molecule has 8 heteroatoms. The second kappa shape index (κ2) is 8.89. The van der Waals surface area contributed by atoms with Crippen LogP contribution in [0.5, 0.6) is 0 Å². The SMILES string of the molecule is O=C(N[C@@H](Cc1ccccc1[N+](=O)[O-])C(=O)[O-])OCC1c2ccccc2-c2ccccc21. The number of carboxylic acids is 1. The van der Waals surface area contributed by atoms with Gasteiger partial charge in [-0.25, -0.2) is 4.79 Å². The number of rotatable bonds is 7. The number of ether oxygens (including phenoxy) is 1. The molecule has 1 atom stereocenters. The lowest BCUT2D eigenvalue weighted by Crippen LogP contribution is -2.49. The Bertz CT molecular complexity index is 1150. The second-order valence-corrected chi connectivity index (χ2v) is 7.43. The summed E-state index contributed by atoms with van der Waals surface area (Å²) in [6.07, 6.45) is -1.23. The molecule has 1 amide bonds. The van der Waals surface area contributed by atoms with E-state index < -0.39 is 23.0 Å². The largest absolute Gasteiger partial charge is 0.548 e. The van der Waals surface area contributed by atoms with E-state index >= 15 is 0 Å². The first-order chi connectivity index (χ1) is 15.5. The number of fused-ring (bicyclic) bond motifs is 3. The van der Waals surface area contributed by atoms with Gasteiger partial charge in [0, 0.05) is 24.0 Å². The Kier molecular flexibility index (Phi) is 5.85. The van der Waals surface area contributed by atoms with E-state index in [0.717, 1.165) is 22.3 Å². The third-order valence-electron chi connectivity index (χ3n) is 5.53. The number of nitro groups is 1. The summed E-state index contributed by atoms with van der Waals surface area (Å²) in [4.78, 5) is 34.5. The summed E-state index contributed by atoms with van der Waals surface area (Å²) in [5, 5.41) is 25.0. The maximum absolute atomic E-state index is 12.4. The molecule has 1 N–H and O–H groups in total. The molecule has 0 unspecified atom stereocenters. The number of hydrogen-bond acceptors (Lipinski definition) is 6. The molecule has 162 valence electrons. The Balaban J connectivity index is 1.45. The number of para-hydroxylation sites is 1. The van der Waals surface area contributed by atoms with Crippen LogP contribution in [0.25, 0.3) is 11.1 Å². The third-order valence-corrected chi connectivity index (χ3v) is 5.53. The van der Waals surface area contributed by atoms with Crippen molar-refractivity contribution in [3.8, 4) is 11.1 Å². The summed E-state index contributed by atoms with van der Waals surface area (Å²) in [7, 11) is 0. The molecule has 0 aliphatic heterocycles. The van der Waals surface area contributed by atoms with E-state index in [2.05, 4.69) is 5.32 Å². The van der Waals surface area contributed by atoms with Gasteiger partial charge in [-0.3, -0.25) is 10.1 Å². The Labute approximate surface area is 183 Å².